The summed E-state index contributed by atoms with van der Waals surface area (Å²) in [5, 5.41) is 0. The van der Waals surface area contributed by atoms with Crippen LogP contribution in [0.25, 0.3) is 0 Å². The summed E-state index contributed by atoms with van der Waals surface area (Å²) in [4.78, 5) is 11.9. The molecule has 0 saturated heterocycles. The van der Waals surface area contributed by atoms with Gasteiger partial charge in [-0.3, -0.25) is 9.35 Å². The lowest BCUT2D eigenvalue weighted by Crippen LogP contribution is -2.51. The van der Waals surface area contributed by atoms with Crippen LogP contribution < -0.4 is 0 Å². The second-order valence-electron chi connectivity index (χ2n) is 9.10. The Hall–Kier alpha value is -0.720. The largest absolute Gasteiger partial charge is 0.397 e. The molecule has 0 bridgehead atoms. The van der Waals surface area contributed by atoms with Gasteiger partial charge >= 0.3 is 10.4 Å². The van der Waals surface area contributed by atoms with E-state index >= 15 is 0 Å². The predicted molar refractivity (Wildman–Crippen MR) is 93.1 cm³/mol. The second kappa shape index (κ2) is 5.64. The van der Waals surface area contributed by atoms with Crippen molar-refractivity contribution in [2.24, 2.45) is 28.6 Å². The number of rotatable bonds is 2. The van der Waals surface area contributed by atoms with Crippen molar-refractivity contribution in [1.82, 2.24) is 0 Å². The minimum absolute atomic E-state index is 0.125. The van der Waals surface area contributed by atoms with Crippen LogP contribution in [0.15, 0.2) is 11.6 Å². The summed E-state index contributed by atoms with van der Waals surface area (Å²) < 4.78 is 36.7. The molecule has 0 radical (unpaired) electrons. The predicted octanol–water partition coefficient (Wildman–Crippen LogP) is 3.71. The molecule has 6 heteroatoms. The molecule has 0 heterocycles. The minimum Gasteiger partial charge on any atom is -0.295 e. The number of ketones is 1. The average molecular weight is 368 g/mol. The monoisotopic (exact) mass is 368 g/mol. The van der Waals surface area contributed by atoms with Crippen LogP contribution in [-0.4, -0.2) is 24.9 Å². The Morgan fingerprint density at radius 3 is 2.56 bits per heavy atom. The summed E-state index contributed by atoms with van der Waals surface area (Å²) in [5.41, 5.74) is 1.29. The van der Waals surface area contributed by atoms with E-state index in [0.29, 0.717) is 30.6 Å². The van der Waals surface area contributed by atoms with Crippen LogP contribution in [0.1, 0.15) is 65.2 Å². The zero-order valence-corrected chi connectivity index (χ0v) is 15.8. The highest BCUT2D eigenvalue weighted by Gasteiger charge is 2.59. The van der Waals surface area contributed by atoms with Gasteiger partial charge in [-0.05, 0) is 79.6 Å². The molecule has 5 nitrogen and oxygen atoms in total. The molecule has 4 aliphatic carbocycles. The molecule has 0 amide bonds. The number of carbonyl (C=O) groups excluding carboxylic acids is 1. The minimum atomic E-state index is -4.41. The molecule has 0 unspecified atom stereocenters. The molecule has 140 valence electrons. The molecule has 3 fully saturated rings. The first-order valence-corrected chi connectivity index (χ1v) is 10.9. The third-order valence-electron chi connectivity index (χ3n) is 8.11. The van der Waals surface area contributed by atoms with E-state index in [9.17, 15) is 13.2 Å². The van der Waals surface area contributed by atoms with Gasteiger partial charge in [0.05, 0.1) is 6.10 Å². The molecule has 6 atom stereocenters. The van der Waals surface area contributed by atoms with Crippen molar-refractivity contribution in [2.75, 3.05) is 0 Å². The fraction of sp³-hybridized carbons (Fsp3) is 0.842. The van der Waals surface area contributed by atoms with Crippen molar-refractivity contribution >= 4 is 16.2 Å². The summed E-state index contributed by atoms with van der Waals surface area (Å²) in [5.74, 6) is 1.84. The first-order valence-electron chi connectivity index (χ1n) is 9.53. The molecular formula is C19H28O5S. The number of hydrogen-bond donors (Lipinski definition) is 1. The van der Waals surface area contributed by atoms with Crippen molar-refractivity contribution in [1.29, 1.82) is 0 Å². The van der Waals surface area contributed by atoms with Crippen LogP contribution in [-0.2, 0) is 19.4 Å². The van der Waals surface area contributed by atoms with E-state index < -0.39 is 16.5 Å². The molecule has 1 N–H and O–H groups in total. The Labute approximate surface area is 150 Å². The van der Waals surface area contributed by atoms with Crippen molar-refractivity contribution < 1.29 is 21.9 Å². The Bertz CT molecular complexity index is 726. The van der Waals surface area contributed by atoms with Gasteiger partial charge < -0.3 is 0 Å². The van der Waals surface area contributed by atoms with Crippen molar-refractivity contribution in [2.45, 2.75) is 71.3 Å². The molecule has 0 aromatic heterocycles. The lowest BCUT2D eigenvalue weighted by Gasteiger charge is -2.57. The van der Waals surface area contributed by atoms with Crippen LogP contribution in [0.2, 0.25) is 0 Å². The summed E-state index contributed by atoms with van der Waals surface area (Å²) >= 11 is 0. The van der Waals surface area contributed by atoms with Crippen molar-refractivity contribution in [3.8, 4) is 0 Å². The van der Waals surface area contributed by atoms with Crippen molar-refractivity contribution in [3.63, 3.8) is 0 Å². The highest BCUT2D eigenvalue weighted by Crippen LogP contribution is 2.65. The highest BCUT2D eigenvalue weighted by atomic mass is 32.3. The third-order valence-corrected chi connectivity index (χ3v) is 8.59. The molecular weight excluding hydrogens is 340 g/mol. The summed E-state index contributed by atoms with van der Waals surface area (Å²) in [6.07, 6.45) is 8.80. The molecule has 0 aromatic rings. The number of carbonyl (C=O) groups is 1. The topological polar surface area (TPSA) is 80.7 Å². The maximum atomic E-state index is 11.9. The smallest absolute Gasteiger partial charge is 0.295 e. The van der Waals surface area contributed by atoms with E-state index in [-0.39, 0.29) is 16.6 Å². The summed E-state index contributed by atoms with van der Waals surface area (Å²) in [6.45, 7) is 4.49. The first kappa shape index (κ1) is 17.7. The van der Waals surface area contributed by atoms with E-state index in [0.717, 1.165) is 38.5 Å². The third kappa shape index (κ3) is 2.72. The number of fused-ring (bicyclic) bond motifs is 5. The van der Waals surface area contributed by atoms with E-state index in [1.165, 1.54) is 5.57 Å². The number of allylic oxidation sites excluding steroid dienone is 1. The van der Waals surface area contributed by atoms with Gasteiger partial charge in [-0.1, -0.05) is 19.4 Å². The summed E-state index contributed by atoms with van der Waals surface area (Å²) in [6, 6.07) is 0. The van der Waals surface area contributed by atoms with Gasteiger partial charge in [0.2, 0.25) is 0 Å². The Balaban J connectivity index is 1.62. The normalized spacial score (nSPS) is 46.8. The van der Waals surface area contributed by atoms with Crippen LogP contribution in [0.4, 0.5) is 0 Å². The lowest BCUT2D eigenvalue weighted by atomic mass is 9.47. The fourth-order valence-electron chi connectivity index (χ4n) is 6.82. The van der Waals surface area contributed by atoms with Gasteiger partial charge in [-0.2, -0.15) is 8.42 Å². The molecule has 4 aliphatic rings. The van der Waals surface area contributed by atoms with E-state index in [1.807, 2.05) is 6.08 Å². The van der Waals surface area contributed by atoms with Gasteiger partial charge in [0.25, 0.3) is 0 Å². The van der Waals surface area contributed by atoms with Gasteiger partial charge in [0.1, 0.15) is 0 Å². The second-order valence-corrected chi connectivity index (χ2v) is 10.2. The Kier molecular flexibility index (Phi) is 3.99. The summed E-state index contributed by atoms with van der Waals surface area (Å²) in [7, 11) is -4.41. The maximum absolute atomic E-state index is 11.9. The van der Waals surface area contributed by atoms with Gasteiger partial charge in [-0.25, -0.2) is 4.18 Å². The fourth-order valence-corrected chi connectivity index (χ4v) is 7.43. The van der Waals surface area contributed by atoms with Crippen LogP contribution in [0.3, 0.4) is 0 Å². The quantitative estimate of drug-likeness (QED) is 0.752. The van der Waals surface area contributed by atoms with Crippen LogP contribution >= 0.6 is 0 Å². The zero-order valence-electron chi connectivity index (χ0n) is 15.0. The van der Waals surface area contributed by atoms with Crippen LogP contribution in [0, 0.1) is 28.6 Å². The van der Waals surface area contributed by atoms with Gasteiger partial charge in [0, 0.05) is 6.42 Å². The van der Waals surface area contributed by atoms with Crippen LogP contribution in [0.5, 0.6) is 0 Å². The van der Waals surface area contributed by atoms with Crippen molar-refractivity contribution in [3.05, 3.63) is 11.6 Å². The van der Waals surface area contributed by atoms with E-state index in [2.05, 4.69) is 13.8 Å². The van der Waals surface area contributed by atoms with Gasteiger partial charge in [-0.15, -0.1) is 0 Å². The van der Waals surface area contributed by atoms with E-state index in [4.69, 9.17) is 8.74 Å². The molecule has 0 spiro atoms. The standard InChI is InChI=1S/C19H28O5S/c1-18-9-7-13(20)11-12(18)3-4-14-15-5-6-17(24-25(21,22)23)19(15,2)10-8-16(14)18/h11,14-17H,3-10H2,1-2H3,(H,21,22,23)/t14-,15-,16-,17+,18-,19-/m0/s1. The SMILES string of the molecule is C[C@]12CC[C@H]3[C@@H](CCC4=CC(=O)CC[C@@]43C)[C@@H]1CC[C@H]2OS(=O)(=O)O. The highest BCUT2D eigenvalue weighted by molar-refractivity contribution is 7.80. The number of hydrogen-bond acceptors (Lipinski definition) is 4. The first-order chi connectivity index (χ1) is 11.6. The zero-order chi connectivity index (χ0) is 18.0. The van der Waals surface area contributed by atoms with Gasteiger partial charge in [0.15, 0.2) is 5.78 Å². The average Bonchev–Trinajstić information content (AvgIpc) is 2.83. The molecule has 25 heavy (non-hydrogen) atoms. The molecule has 0 aliphatic heterocycles. The molecule has 3 saturated carbocycles. The Morgan fingerprint density at radius 2 is 1.84 bits per heavy atom. The maximum Gasteiger partial charge on any atom is 0.397 e. The molecule has 0 aromatic carbocycles. The van der Waals surface area contributed by atoms with E-state index in [1.54, 1.807) is 0 Å². The lowest BCUT2D eigenvalue weighted by molar-refractivity contribution is -0.117. The molecule has 4 rings (SSSR count). The Morgan fingerprint density at radius 1 is 1.08 bits per heavy atom.